The number of hydrogen-bond donors (Lipinski definition) is 1. The maximum atomic E-state index is 12.5. The van der Waals surface area contributed by atoms with E-state index in [0.717, 1.165) is 25.2 Å². The molecule has 22 heavy (non-hydrogen) atoms. The number of methoxy groups -OCH3 is 1. The molecular weight excluding hydrogens is 282 g/mol. The van der Waals surface area contributed by atoms with Crippen molar-refractivity contribution in [2.24, 2.45) is 0 Å². The van der Waals surface area contributed by atoms with Gasteiger partial charge >= 0.3 is 0 Å². The first-order valence-electron chi connectivity index (χ1n) is 7.51. The molecule has 0 spiro atoms. The van der Waals surface area contributed by atoms with Crippen LogP contribution < -0.4 is 10.9 Å². The van der Waals surface area contributed by atoms with Crippen LogP contribution in [0.5, 0.6) is 0 Å². The molecule has 1 aliphatic heterocycles. The summed E-state index contributed by atoms with van der Waals surface area (Å²) >= 11 is 0. The molecule has 1 N–H and O–H groups in total. The van der Waals surface area contributed by atoms with Gasteiger partial charge in [-0.1, -0.05) is 6.92 Å². The minimum Gasteiger partial charge on any atom is -0.372 e. The fraction of sp³-hybridized carbons (Fsp3) is 0.438. The highest BCUT2D eigenvalue weighted by atomic mass is 16.5. The molecule has 0 radical (unpaired) electrons. The third kappa shape index (κ3) is 2.50. The molecule has 6 nitrogen and oxygen atoms in total. The number of hydrogen-bond acceptors (Lipinski definition) is 4. The number of rotatable bonds is 4. The van der Waals surface area contributed by atoms with Crippen molar-refractivity contribution in [2.75, 3.05) is 12.4 Å². The smallest absolute Gasteiger partial charge is 0.261 e. The standard InChI is InChI=1S/C16H19N3O3/c1-3-13(22-2)15(20)17-10-6-7-12-11(9-10)16(21)19-8-4-5-14(19)18-12/h6-7,9,13H,3-5,8H2,1-2H3,(H,17,20)/t13-/m1/s1. The summed E-state index contributed by atoms with van der Waals surface area (Å²) in [4.78, 5) is 29.1. The molecule has 0 bridgehead atoms. The highest BCUT2D eigenvalue weighted by Crippen LogP contribution is 2.18. The Labute approximate surface area is 128 Å². The number of nitrogens with one attached hydrogen (secondary N) is 1. The highest BCUT2D eigenvalue weighted by molar-refractivity contribution is 5.96. The third-order valence-corrected chi connectivity index (χ3v) is 4.03. The van der Waals surface area contributed by atoms with Crippen molar-refractivity contribution in [3.05, 3.63) is 34.4 Å². The van der Waals surface area contributed by atoms with Crippen LogP contribution in [0.2, 0.25) is 0 Å². The summed E-state index contributed by atoms with van der Waals surface area (Å²) in [6, 6.07) is 5.23. The Bertz CT molecular complexity index is 778. The van der Waals surface area contributed by atoms with Crippen LogP contribution in [0.4, 0.5) is 5.69 Å². The quantitative estimate of drug-likeness (QED) is 0.933. The topological polar surface area (TPSA) is 73.2 Å². The average Bonchev–Trinajstić information content (AvgIpc) is 2.98. The third-order valence-electron chi connectivity index (χ3n) is 4.03. The molecule has 2 heterocycles. The molecule has 1 aliphatic rings. The Balaban J connectivity index is 1.96. The van der Waals surface area contributed by atoms with Gasteiger partial charge in [-0.15, -0.1) is 0 Å². The van der Waals surface area contributed by atoms with E-state index < -0.39 is 6.10 Å². The highest BCUT2D eigenvalue weighted by Gasteiger charge is 2.18. The summed E-state index contributed by atoms with van der Waals surface area (Å²) in [5.74, 6) is 0.637. The monoisotopic (exact) mass is 301 g/mol. The van der Waals surface area contributed by atoms with Crippen LogP contribution in [0.1, 0.15) is 25.6 Å². The van der Waals surface area contributed by atoms with Gasteiger partial charge in [0.05, 0.1) is 10.9 Å². The van der Waals surface area contributed by atoms with Crippen LogP contribution in [-0.2, 0) is 22.5 Å². The van der Waals surface area contributed by atoms with E-state index in [1.54, 1.807) is 22.8 Å². The van der Waals surface area contributed by atoms with Crippen molar-refractivity contribution in [1.82, 2.24) is 9.55 Å². The molecule has 116 valence electrons. The van der Waals surface area contributed by atoms with E-state index in [0.29, 0.717) is 23.0 Å². The molecule has 2 aromatic rings. The summed E-state index contributed by atoms with van der Waals surface area (Å²) in [5.41, 5.74) is 1.23. The zero-order chi connectivity index (χ0) is 15.7. The van der Waals surface area contributed by atoms with Gasteiger partial charge in [0.2, 0.25) is 0 Å². The number of aryl methyl sites for hydroxylation is 1. The van der Waals surface area contributed by atoms with Crippen molar-refractivity contribution in [3.8, 4) is 0 Å². The van der Waals surface area contributed by atoms with Crippen LogP contribution >= 0.6 is 0 Å². The fourth-order valence-corrected chi connectivity index (χ4v) is 2.84. The van der Waals surface area contributed by atoms with Gasteiger partial charge in [0.15, 0.2) is 0 Å². The first-order chi connectivity index (χ1) is 10.6. The van der Waals surface area contributed by atoms with E-state index in [1.807, 2.05) is 6.92 Å². The van der Waals surface area contributed by atoms with Crippen molar-refractivity contribution < 1.29 is 9.53 Å². The van der Waals surface area contributed by atoms with E-state index in [2.05, 4.69) is 10.3 Å². The van der Waals surface area contributed by atoms with Crippen molar-refractivity contribution in [2.45, 2.75) is 38.8 Å². The predicted octanol–water partition coefficient (Wildman–Crippen LogP) is 1.71. The van der Waals surface area contributed by atoms with Crippen LogP contribution in [0.25, 0.3) is 10.9 Å². The molecule has 0 saturated heterocycles. The number of carbonyl (C=O) groups is 1. The number of anilines is 1. The van der Waals surface area contributed by atoms with Gasteiger partial charge in [-0.3, -0.25) is 14.2 Å². The zero-order valence-corrected chi connectivity index (χ0v) is 12.8. The lowest BCUT2D eigenvalue weighted by molar-refractivity contribution is -0.125. The summed E-state index contributed by atoms with van der Waals surface area (Å²) < 4.78 is 6.84. The van der Waals surface area contributed by atoms with Gasteiger partial charge in [-0.25, -0.2) is 4.98 Å². The molecule has 0 unspecified atom stereocenters. The molecule has 1 aromatic carbocycles. The van der Waals surface area contributed by atoms with Crippen molar-refractivity contribution >= 4 is 22.5 Å². The van der Waals surface area contributed by atoms with Gasteiger partial charge in [0, 0.05) is 25.8 Å². The SMILES string of the molecule is CC[C@@H](OC)C(=O)Nc1ccc2nc3n(c(=O)c2c1)CCC3. The molecule has 1 atom stereocenters. The number of benzene rings is 1. The summed E-state index contributed by atoms with van der Waals surface area (Å²) in [6.07, 6.45) is 1.90. The first-order valence-corrected chi connectivity index (χ1v) is 7.51. The average molecular weight is 301 g/mol. The van der Waals surface area contributed by atoms with Gasteiger partial charge in [-0.2, -0.15) is 0 Å². The van der Waals surface area contributed by atoms with Crippen LogP contribution in [0.15, 0.2) is 23.0 Å². The molecule has 6 heteroatoms. The number of aromatic nitrogens is 2. The molecule has 1 amide bonds. The van der Waals surface area contributed by atoms with E-state index in [9.17, 15) is 9.59 Å². The minimum absolute atomic E-state index is 0.0348. The lowest BCUT2D eigenvalue weighted by Gasteiger charge is -2.13. The van der Waals surface area contributed by atoms with E-state index in [1.165, 1.54) is 7.11 Å². The molecule has 1 aromatic heterocycles. The van der Waals surface area contributed by atoms with E-state index in [4.69, 9.17) is 4.74 Å². The maximum Gasteiger partial charge on any atom is 0.261 e. The second kappa shape index (κ2) is 5.88. The Kier molecular flexibility index (Phi) is 3.94. The Hall–Kier alpha value is -2.21. The molecule has 0 saturated carbocycles. The normalized spacial score (nSPS) is 14.8. The predicted molar refractivity (Wildman–Crippen MR) is 84.0 cm³/mol. The van der Waals surface area contributed by atoms with Crippen molar-refractivity contribution in [1.29, 1.82) is 0 Å². The molecular formula is C16H19N3O3. The summed E-state index contributed by atoms with van der Waals surface area (Å²) in [6.45, 7) is 2.60. The van der Waals surface area contributed by atoms with E-state index in [-0.39, 0.29) is 11.5 Å². The Morgan fingerprint density at radius 1 is 1.50 bits per heavy atom. The number of amides is 1. The van der Waals surface area contributed by atoms with Gasteiger partial charge in [-0.05, 0) is 31.0 Å². The number of fused-ring (bicyclic) bond motifs is 2. The lowest BCUT2D eigenvalue weighted by Crippen LogP contribution is -2.29. The number of carbonyl (C=O) groups excluding carboxylic acids is 1. The summed E-state index contributed by atoms with van der Waals surface area (Å²) in [7, 11) is 1.51. The molecule has 0 fully saturated rings. The second-order valence-corrected chi connectivity index (χ2v) is 5.44. The fourth-order valence-electron chi connectivity index (χ4n) is 2.84. The van der Waals surface area contributed by atoms with Gasteiger partial charge in [0.1, 0.15) is 11.9 Å². The molecule has 3 rings (SSSR count). The minimum atomic E-state index is -0.491. The maximum absolute atomic E-state index is 12.5. The molecule has 0 aliphatic carbocycles. The number of ether oxygens (including phenoxy) is 1. The second-order valence-electron chi connectivity index (χ2n) is 5.44. The lowest BCUT2D eigenvalue weighted by atomic mass is 10.2. The van der Waals surface area contributed by atoms with E-state index >= 15 is 0 Å². The van der Waals surface area contributed by atoms with Crippen LogP contribution in [0.3, 0.4) is 0 Å². The van der Waals surface area contributed by atoms with Crippen LogP contribution in [0, 0.1) is 0 Å². The van der Waals surface area contributed by atoms with Crippen LogP contribution in [-0.4, -0.2) is 28.7 Å². The number of nitrogens with zero attached hydrogens (tertiary/aromatic N) is 2. The van der Waals surface area contributed by atoms with Gasteiger partial charge in [0.25, 0.3) is 11.5 Å². The Morgan fingerprint density at radius 2 is 2.32 bits per heavy atom. The Morgan fingerprint density at radius 3 is 3.05 bits per heavy atom. The first kappa shape index (κ1) is 14.7. The largest absolute Gasteiger partial charge is 0.372 e. The summed E-state index contributed by atoms with van der Waals surface area (Å²) in [5, 5.41) is 3.33. The zero-order valence-electron chi connectivity index (χ0n) is 12.8. The van der Waals surface area contributed by atoms with Gasteiger partial charge < -0.3 is 10.1 Å². The van der Waals surface area contributed by atoms with Crippen molar-refractivity contribution in [3.63, 3.8) is 0 Å².